The predicted molar refractivity (Wildman–Crippen MR) is 77.7 cm³/mol. The molecule has 96 valence electrons. The van der Waals surface area contributed by atoms with Crippen LogP contribution in [-0.2, 0) is 7.05 Å². The number of fused-ring (bicyclic) bond motifs is 1. The Bertz CT molecular complexity index is 596. The van der Waals surface area contributed by atoms with Gasteiger partial charge in [-0.15, -0.1) is 11.3 Å². The number of aryl methyl sites for hydroxylation is 2. The summed E-state index contributed by atoms with van der Waals surface area (Å²) in [6.45, 7) is 4.21. The quantitative estimate of drug-likeness (QED) is 0.856. The van der Waals surface area contributed by atoms with E-state index in [0.29, 0.717) is 0 Å². The lowest BCUT2D eigenvalue weighted by Crippen LogP contribution is -2.36. The van der Waals surface area contributed by atoms with Gasteiger partial charge < -0.3 is 5.73 Å². The molecule has 1 aliphatic rings. The van der Waals surface area contributed by atoms with Gasteiger partial charge in [0, 0.05) is 22.8 Å². The van der Waals surface area contributed by atoms with Crippen LogP contribution < -0.4 is 5.73 Å². The van der Waals surface area contributed by atoms with Gasteiger partial charge in [-0.3, -0.25) is 4.68 Å². The van der Waals surface area contributed by atoms with Gasteiger partial charge in [-0.2, -0.15) is 5.10 Å². The highest BCUT2D eigenvalue weighted by Gasteiger charge is 2.23. The molecule has 2 heterocycles. The maximum Gasteiger partial charge on any atom is 0.121 e. The first-order valence-corrected chi connectivity index (χ1v) is 7.19. The second-order valence-electron chi connectivity index (χ2n) is 5.63. The molecule has 0 aliphatic heterocycles. The molecule has 18 heavy (non-hydrogen) atoms. The number of nitrogens with two attached hydrogens (primary N) is 1. The lowest BCUT2D eigenvalue weighted by molar-refractivity contribution is 0.432. The van der Waals surface area contributed by atoms with Crippen LogP contribution in [-0.4, -0.2) is 15.3 Å². The van der Waals surface area contributed by atoms with Crippen LogP contribution in [0.5, 0.6) is 0 Å². The molecular formula is C14H19N3S. The summed E-state index contributed by atoms with van der Waals surface area (Å²) < 4.78 is 1.98. The highest BCUT2D eigenvalue weighted by atomic mass is 32.1. The van der Waals surface area contributed by atoms with E-state index in [0.717, 1.165) is 25.0 Å². The lowest BCUT2D eigenvalue weighted by atomic mass is 9.84. The van der Waals surface area contributed by atoms with Crippen LogP contribution in [0, 0.1) is 6.92 Å². The first kappa shape index (κ1) is 11.9. The summed E-state index contributed by atoms with van der Waals surface area (Å²) in [5, 5.41) is 5.74. The van der Waals surface area contributed by atoms with E-state index < -0.39 is 0 Å². The predicted octanol–water partition coefficient (Wildman–Crippen LogP) is 3.23. The van der Waals surface area contributed by atoms with Crippen LogP contribution in [0.2, 0.25) is 0 Å². The minimum absolute atomic E-state index is 0.0162. The van der Waals surface area contributed by atoms with Crippen molar-refractivity contribution in [2.45, 2.75) is 38.6 Å². The van der Waals surface area contributed by atoms with Crippen molar-refractivity contribution < 1.29 is 0 Å². The Hall–Kier alpha value is -1.13. The van der Waals surface area contributed by atoms with Gasteiger partial charge in [0.15, 0.2) is 0 Å². The molecule has 3 nitrogen and oxygen atoms in total. The van der Waals surface area contributed by atoms with E-state index in [1.165, 1.54) is 20.7 Å². The molecule has 0 bridgehead atoms. The molecular weight excluding hydrogens is 242 g/mol. The van der Waals surface area contributed by atoms with Crippen molar-refractivity contribution >= 4 is 27.1 Å². The number of hydrogen-bond donors (Lipinski definition) is 1. The number of allylic oxidation sites excluding steroid dienone is 1. The minimum atomic E-state index is -0.0162. The summed E-state index contributed by atoms with van der Waals surface area (Å²) >= 11 is 1.84. The fraction of sp³-hybridized carbons (Fsp3) is 0.500. The van der Waals surface area contributed by atoms with E-state index in [-0.39, 0.29) is 5.54 Å². The summed E-state index contributed by atoms with van der Waals surface area (Å²) in [5.41, 5.74) is 8.73. The molecule has 0 amide bonds. The molecule has 2 N–H and O–H groups in total. The second-order valence-corrected chi connectivity index (χ2v) is 6.66. The van der Waals surface area contributed by atoms with E-state index >= 15 is 0 Å². The third kappa shape index (κ3) is 1.89. The van der Waals surface area contributed by atoms with Crippen molar-refractivity contribution in [2.75, 3.05) is 0 Å². The maximum absolute atomic E-state index is 6.17. The average Bonchev–Trinajstić information content (AvgIpc) is 2.82. The fourth-order valence-corrected chi connectivity index (χ4v) is 3.76. The zero-order chi connectivity index (χ0) is 12.9. The van der Waals surface area contributed by atoms with Gasteiger partial charge in [-0.05, 0) is 44.7 Å². The largest absolute Gasteiger partial charge is 0.325 e. The van der Waals surface area contributed by atoms with Gasteiger partial charge in [-0.25, -0.2) is 0 Å². The molecule has 2 aromatic heterocycles. The third-order valence-corrected chi connectivity index (χ3v) is 5.07. The van der Waals surface area contributed by atoms with Gasteiger partial charge in [-0.1, -0.05) is 6.08 Å². The van der Waals surface area contributed by atoms with Crippen LogP contribution in [0.4, 0.5) is 0 Å². The Morgan fingerprint density at radius 2 is 2.28 bits per heavy atom. The normalized spacial score (nSPS) is 24.6. The highest BCUT2D eigenvalue weighted by Crippen LogP contribution is 2.37. The van der Waals surface area contributed by atoms with E-state index in [1.54, 1.807) is 0 Å². The van der Waals surface area contributed by atoms with Crippen molar-refractivity contribution in [3.8, 4) is 0 Å². The van der Waals surface area contributed by atoms with Crippen LogP contribution in [0.15, 0.2) is 12.1 Å². The Balaban J connectivity index is 2.01. The van der Waals surface area contributed by atoms with Crippen molar-refractivity contribution in [3.05, 3.63) is 22.7 Å². The van der Waals surface area contributed by atoms with E-state index in [2.05, 4.69) is 31.1 Å². The highest BCUT2D eigenvalue weighted by molar-refractivity contribution is 7.19. The van der Waals surface area contributed by atoms with Crippen LogP contribution in [0.25, 0.3) is 15.8 Å². The van der Waals surface area contributed by atoms with Gasteiger partial charge in [0.25, 0.3) is 0 Å². The molecule has 1 unspecified atom stereocenters. The topological polar surface area (TPSA) is 43.8 Å². The standard InChI is InChI=1S/C14H19N3S/c1-9-11-8-12(18-13(11)17(3)16-9)10-4-6-14(2,15)7-5-10/h4,8H,5-7,15H2,1-3H3. The monoisotopic (exact) mass is 261 g/mol. The average molecular weight is 261 g/mol. The molecule has 0 saturated heterocycles. The third-order valence-electron chi connectivity index (χ3n) is 3.79. The van der Waals surface area contributed by atoms with Gasteiger partial charge >= 0.3 is 0 Å². The Morgan fingerprint density at radius 3 is 2.89 bits per heavy atom. The van der Waals surface area contributed by atoms with Crippen LogP contribution >= 0.6 is 11.3 Å². The smallest absolute Gasteiger partial charge is 0.121 e. The summed E-state index contributed by atoms with van der Waals surface area (Å²) in [5.74, 6) is 0. The number of nitrogens with zero attached hydrogens (tertiary/aromatic N) is 2. The molecule has 0 saturated carbocycles. The zero-order valence-corrected chi connectivity index (χ0v) is 12.0. The van der Waals surface area contributed by atoms with Crippen molar-refractivity contribution in [1.29, 1.82) is 0 Å². The Morgan fingerprint density at radius 1 is 1.50 bits per heavy atom. The number of thiophene rings is 1. The van der Waals surface area contributed by atoms with Crippen molar-refractivity contribution in [3.63, 3.8) is 0 Å². The Kier molecular flexibility index (Phi) is 2.61. The van der Waals surface area contributed by atoms with E-state index in [1.807, 2.05) is 23.1 Å². The molecule has 1 atom stereocenters. The molecule has 0 radical (unpaired) electrons. The number of aromatic nitrogens is 2. The van der Waals surface area contributed by atoms with Crippen molar-refractivity contribution in [1.82, 2.24) is 9.78 Å². The van der Waals surface area contributed by atoms with Crippen molar-refractivity contribution in [2.24, 2.45) is 12.8 Å². The number of hydrogen-bond acceptors (Lipinski definition) is 3. The van der Waals surface area contributed by atoms with Crippen LogP contribution in [0.3, 0.4) is 0 Å². The summed E-state index contributed by atoms with van der Waals surface area (Å²) in [4.78, 5) is 2.65. The fourth-order valence-electron chi connectivity index (χ4n) is 2.57. The number of rotatable bonds is 1. The van der Waals surface area contributed by atoms with Crippen LogP contribution in [0.1, 0.15) is 36.8 Å². The Labute approximate surface area is 111 Å². The molecule has 3 rings (SSSR count). The molecule has 0 aromatic carbocycles. The van der Waals surface area contributed by atoms with Gasteiger partial charge in [0.1, 0.15) is 4.83 Å². The molecule has 1 aliphatic carbocycles. The zero-order valence-electron chi connectivity index (χ0n) is 11.2. The summed E-state index contributed by atoms with van der Waals surface area (Å²) in [6, 6.07) is 2.29. The minimum Gasteiger partial charge on any atom is -0.325 e. The molecule has 2 aromatic rings. The SMILES string of the molecule is Cc1nn(C)c2sc(C3=CCC(C)(N)CC3)cc12. The van der Waals surface area contributed by atoms with E-state index in [4.69, 9.17) is 5.73 Å². The van der Waals surface area contributed by atoms with E-state index in [9.17, 15) is 0 Å². The second kappa shape index (κ2) is 3.93. The molecule has 0 spiro atoms. The first-order chi connectivity index (χ1) is 8.46. The summed E-state index contributed by atoms with van der Waals surface area (Å²) in [7, 11) is 2.02. The maximum atomic E-state index is 6.17. The van der Waals surface area contributed by atoms with Gasteiger partial charge in [0.2, 0.25) is 0 Å². The van der Waals surface area contributed by atoms with Gasteiger partial charge in [0.05, 0.1) is 5.69 Å². The summed E-state index contributed by atoms with van der Waals surface area (Å²) in [6.07, 6.45) is 5.46. The first-order valence-electron chi connectivity index (χ1n) is 6.38. The lowest BCUT2D eigenvalue weighted by Gasteiger charge is -2.28. The molecule has 4 heteroatoms. The molecule has 0 fully saturated rings.